The second-order valence-corrected chi connectivity index (χ2v) is 8.88. The number of hydrogen-bond donors (Lipinski definition) is 3. The summed E-state index contributed by atoms with van der Waals surface area (Å²) in [7, 11) is 0. The summed E-state index contributed by atoms with van der Waals surface area (Å²) in [4.78, 5) is 16.2. The van der Waals surface area contributed by atoms with Crippen LogP contribution in [0.15, 0.2) is 23.3 Å². The molecule has 138 valence electrons. The number of fused-ring (bicyclic) bond motifs is 1. The quantitative estimate of drug-likeness (QED) is 0.766. The maximum atomic E-state index is 10.4. The third-order valence-electron chi connectivity index (χ3n) is 6.86. The number of imidazole rings is 1. The van der Waals surface area contributed by atoms with Crippen LogP contribution in [0.25, 0.3) is 11.6 Å². The van der Waals surface area contributed by atoms with Gasteiger partial charge in [0.15, 0.2) is 5.82 Å². The number of aliphatic imine (C=N–C) groups is 1. The molecule has 0 spiro atoms. The molecule has 6 nitrogen and oxygen atoms in total. The van der Waals surface area contributed by atoms with E-state index in [4.69, 9.17) is 0 Å². The highest BCUT2D eigenvalue weighted by Gasteiger charge is 2.51. The van der Waals surface area contributed by atoms with Gasteiger partial charge in [0.05, 0.1) is 0 Å². The number of rotatable bonds is 3. The van der Waals surface area contributed by atoms with Crippen LogP contribution < -0.4 is 5.32 Å². The van der Waals surface area contributed by atoms with Crippen LogP contribution in [0.3, 0.4) is 0 Å². The van der Waals surface area contributed by atoms with Gasteiger partial charge in [0.2, 0.25) is 11.8 Å². The van der Waals surface area contributed by atoms with Gasteiger partial charge in [-0.15, -0.1) is 0 Å². The van der Waals surface area contributed by atoms with E-state index in [9.17, 15) is 5.11 Å². The van der Waals surface area contributed by atoms with E-state index in [-0.39, 0.29) is 11.4 Å². The van der Waals surface area contributed by atoms with Gasteiger partial charge in [-0.1, -0.05) is 0 Å². The predicted molar refractivity (Wildman–Crippen MR) is 105 cm³/mol. The van der Waals surface area contributed by atoms with E-state index in [1.807, 2.05) is 18.2 Å². The van der Waals surface area contributed by atoms with Crippen molar-refractivity contribution in [3.63, 3.8) is 0 Å². The van der Waals surface area contributed by atoms with Gasteiger partial charge >= 0.3 is 0 Å². The highest BCUT2D eigenvalue weighted by Crippen LogP contribution is 2.56. The van der Waals surface area contributed by atoms with Crippen LogP contribution >= 0.6 is 0 Å². The lowest BCUT2D eigenvalue weighted by molar-refractivity contribution is 0.0104. The standard InChI is InChI=1S/C21H23N5O/c27-19-17(7-15-11-23-18-16(15)2-1-3-22-18)24-20(25-19)26-21-8-12-4-13(9-21)6-14(5-12)10-21/h1-3,7,11-14,27H,4-6,8-10H2,(H2,24,25,26). The van der Waals surface area contributed by atoms with Gasteiger partial charge in [0.1, 0.15) is 5.69 Å². The Labute approximate surface area is 157 Å². The Bertz CT molecular complexity index is 937. The van der Waals surface area contributed by atoms with Crippen molar-refractivity contribution >= 4 is 29.6 Å². The van der Waals surface area contributed by atoms with Crippen molar-refractivity contribution in [2.45, 2.75) is 44.1 Å². The van der Waals surface area contributed by atoms with Crippen molar-refractivity contribution in [2.24, 2.45) is 22.7 Å². The van der Waals surface area contributed by atoms with E-state index in [0.717, 1.165) is 34.7 Å². The van der Waals surface area contributed by atoms with E-state index in [2.05, 4.69) is 25.3 Å². The van der Waals surface area contributed by atoms with E-state index in [1.54, 1.807) is 12.4 Å². The molecule has 6 heteroatoms. The first-order valence-corrected chi connectivity index (χ1v) is 9.94. The maximum absolute atomic E-state index is 10.4. The van der Waals surface area contributed by atoms with Gasteiger partial charge in [0, 0.05) is 29.1 Å². The number of aromatic nitrogens is 3. The third-order valence-corrected chi connectivity index (χ3v) is 6.86. The van der Waals surface area contributed by atoms with Gasteiger partial charge in [-0.25, -0.2) is 9.98 Å². The Hall–Kier alpha value is -2.63. The first-order valence-electron chi connectivity index (χ1n) is 9.94. The number of nitrogens with zero attached hydrogens (tertiary/aromatic N) is 3. The second kappa shape index (κ2) is 5.44. The zero-order chi connectivity index (χ0) is 18.0. The molecule has 7 rings (SSSR count). The number of H-pyrrole nitrogens is 1. The Balaban J connectivity index is 1.28. The molecule has 2 aromatic rings. The average molecular weight is 361 g/mol. The lowest BCUT2D eigenvalue weighted by atomic mass is 9.53. The lowest BCUT2D eigenvalue weighted by Gasteiger charge is -2.56. The number of allylic oxidation sites excluding steroid dienone is 1. The Morgan fingerprint density at radius 2 is 1.89 bits per heavy atom. The highest BCUT2D eigenvalue weighted by molar-refractivity contribution is 6.20. The molecule has 1 aliphatic heterocycles. The van der Waals surface area contributed by atoms with E-state index < -0.39 is 0 Å². The molecule has 4 aliphatic carbocycles. The molecular weight excluding hydrogens is 338 g/mol. The van der Waals surface area contributed by atoms with Crippen LogP contribution in [-0.2, 0) is 0 Å². The monoisotopic (exact) mass is 361 g/mol. The number of anilines is 1. The zero-order valence-corrected chi connectivity index (χ0v) is 15.2. The van der Waals surface area contributed by atoms with Crippen LogP contribution in [0.2, 0.25) is 0 Å². The molecule has 0 aromatic carbocycles. The highest BCUT2D eigenvalue weighted by atomic mass is 16.3. The smallest absolute Gasteiger partial charge is 0.238 e. The maximum Gasteiger partial charge on any atom is 0.238 e. The fraction of sp³-hybridized carbons (Fsp3) is 0.476. The predicted octanol–water partition coefficient (Wildman–Crippen LogP) is 4.15. The summed E-state index contributed by atoms with van der Waals surface area (Å²) in [6, 6.07) is 3.89. The molecule has 4 bridgehead atoms. The number of pyridine rings is 1. The first kappa shape index (κ1) is 15.4. The Kier molecular flexibility index (Phi) is 3.11. The molecule has 0 amide bonds. The molecule has 0 atom stereocenters. The molecule has 0 radical (unpaired) electrons. The zero-order valence-electron chi connectivity index (χ0n) is 15.2. The van der Waals surface area contributed by atoms with Crippen molar-refractivity contribution in [2.75, 3.05) is 5.32 Å². The summed E-state index contributed by atoms with van der Waals surface area (Å²) in [6.45, 7) is 0. The minimum Gasteiger partial charge on any atom is -0.492 e. The van der Waals surface area contributed by atoms with Crippen LogP contribution in [0, 0.1) is 17.8 Å². The van der Waals surface area contributed by atoms with Gasteiger partial charge in [-0.3, -0.25) is 0 Å². The minimum absolute atomic E-state index is 0.0282. The number of aromatic amines is 1. The SMILES string of the molecule is Oc1nc(NC23CC4CC(CC(C4)C2)C3)[nH]c1C=C1C=Nc2ncccc21. The lowest BCUT2D eigenvalue weighted by Crippen LogP contribution is -2.54. The van der Waals surface area contributed by atoms with E-state index >= 15 is 0 Å². The van der Waals surface area contributed by atoms with E-state index in [1.165, 1.54) is 38.5 Å². The summed E-state index contributed by atoms with van der Waals surface area (Å²) < 4.78 is 0. The van der Waals surface area contributed by atoms with Crippen LogP contribution in [0.5, 0.6) is 5.88 Å². The second-order valence-electron chi connectivity index (χ2n) is 8.88. The summed E-state index contributed by atoms with van der Waals surface area (Å²) in [5.74, 6) is 4.03. The first-order chi connectivity index (χ1) is 13.2. The summed E-state index contributed by atoms with van der Waals surface area (Å²) >= 11 is 0. The molecule has 3 N–H and O–H groups in total. The fourth-order valence-electron chi connectivity index (χ4n) is 6.25. The van der Waals surface area contributed by atoms with Gasteiger partial charge < -0.3 is 15.4 Å². The Morgan fingerprint density at radius 1 is 1.15 bits per heavy atom. The molecule has 0 unspecified atom stereocenters. The molecule has 0 saturated heterocycles. The molecular formula is C21H23N5O. The summed E-state index contributed by atoms with van der Waals surface area (Å²) in [6.07, 6.45) is 13.4. The number of nitrogens with one attached hydrogen (secondary N) is 2. The Morgan fingerprint density at radius 3 is 2.63 bits per heavy atom. The van der Waals surface area contributed by atoms with Crippen molar-refractivity contribution < 1.29 is 5.11 Å². The molecule has 4 fully saturated rings. The van der Waals surface area contributed by atoms with Crippen LogP contribution in [0.1, 0.15) is 49.8 Å². The van der Waals surface area contributed by atoms with Gasteiger partial charge in [0.25, 0.3) is 0 Å². The molecule has 27 heavy (non-hydrogen) atoms. The van der Waals surface area contributed by atoms with Gasteiger partial charge in [-0.05, 0) is 74.5 Å². The molecule has 4 saturated carbocycles. The largest absolute Gasteiger partial charge is 0.492 e. The van der Waals surface area contributed by atoms with Crippen LogP contribution in [0.4, 0.5) is 11.8 Å². The molecule has 3 heterocycles. The molecule has 5 aliphatic rings. The third kappa shape index (κ3) is 2.50. The van der Waals surface area contributed by atoms with Crippen molar-refractivity contribution in [1.29, 1.82) is 0 Å². The molecule has 2 aromatic heterocycles. The minimum atomic E-state index is 0.0282. The fourth-order valence-corrected chi connectivity index (χ4v) is 6.25. The normalized spacial score (nSPS) is 34.4. The number of aromatic hydroxyl groups is 1. The summed E-state index contributed by atoms with van der Waals surface area (Å²) in [5, 5.41) is 14.1. The van der Waals surface area contributed by atoms with Crippen molar-refractivity contribution in [3.05, 3.63) is 29.6 Å². The van der Waals surface area contributed by atoms with Crippen molar-refractivity contribution in [3.8, 4) is 5.88 Å². The van der Waals surface area contributed by atoms with E-state index in [0.29, 0.717) is 11.6 Å². The van der Waals surface area contributed by atoms with Gasteiger partial charge in [-0.2, -0.15) is 4.98 Å². The number of hydrogen-bond acceptors (Lipinski definition) is 5. The average Bonchev–Trinajstić information content (AvgIpc) is 3.17. The summed E-state index contributed by atoms with van der Waals surface area (Å²) in [5.41, 5.74) is 2.68. The van der Waals surface area contributed by atoms with Crippen molar-refractivity contribution in [1.82, 2.24) is 15.0 Å². The topological polar surface area (TPSA) is 86.2 Å². The van der Waals surface area contributed by atoms with Crippen LogP contribution in [-0.4, -0.2) is 31.8 Å².